The fourth-order valence-corrected chi connectivity index (χ4v) is 9.98. The van der Waals surface area contributed by atoms with Crippen LogP contribution in [0.2, 0.25) is 10.0 Å². The first kappa shape index (κ1) is 61.2. The molecule has 0 spiro atoms. The van der Waals surface area contributed by atoms with Gasteiger partial charge in [-0.25, -0.2) is 13.8 Å². The van der Waals surface area contributed by atoms with Crippen molar-refractivity contribution in [2.24, 2.45) is 5.41 Å². The van der Waals surface area contributed by atoms with E-state index in [9.17, 15) is 24.8 Å². The molecule has 1 saturated heterocycles. The summed E-state index contributed by atoms with van der Waals surface area (Å²) in [6.07, 6.45) is 1.86. The number of anilines is 3. The second-order valence-corrected chi connectivity index (χ2v) is 22.6. The number of amides is 2. The second-order valence-electron chi connectivity index (χ2n) is 21.8. The lowest BCUT2D eigenvalue weighted by molar-refractivity contribution is -0.137. The quantitative estimate of drug-likeness (QED) is 0.0297. The fraction of sp³-hybridized carbons (Fsp3) is 0.448. The Morgan fingerprint density at radius 1 is 0.911 bits per heavy atom. The number of nitriles is 1. The minimum absolute atomic E-state index is 0.0587. The van der Waals surface area contributed by atoms with Crippen molar-refractivity contribution in [1.29, 1.82) is 5.26 Å². The number of nitrogens with zero attached hydrogens (tertiary/aromatic N) is 3. The van der Waals surface area contributed by atoms with E-state index in [0.717, 1.165) is 6.07 Å². The van der Waals surface area contributed by atoms with E-state index in [0.29, 0.717) is 47.8 Å². The number of carboxylic acids is 1. The normalized spacial score (nSPS) is 17.4. The molecular weight excluding hydrogens is 1060 g/mol. The standard InChI is InChI=1S/C58H70Cl2F2N8O9/c1-10-41-50(51(64)70-54(65)68-41)77-25-12-24-76-43-21-18-36(27-33(43)16-22-46(71)72)79-56(5,6)23-26-78-57(7,8)32-66-52(73)34-15-20-42(44(28-34)75-9)67-53(74)49-47(37-13-11-14-39(60)48(37)62)58(31-63,45(69-49)30-55(2,3)4)38-19-17-35(59)29-40(38)61/h11,13-15,17-21,27-29,45,47,49,69H,10,12,16,22-26,30,32H2,1-9H3,(H,66,73)(H,67,74)(H,71,72)(H4,64,65,68,70)/t45-,47-,49?,58-/m0/s1. The molecule has 5 aromatic rings. The Labute approximate surface area is 470 Å². The van der Waals surface area contributed by atoms with Gasteiger partial charge in [0.25, 0.3) is 5.91 Å². The van der Waals surface area contributed by atoms with Gasteiger partial charge in [0.15, 0.2) is 11.6 Å². The zero-order chi connectivity index (χ0) is 58.0. The highest BCUT2D eigenvalue weighted by Crippen LogP contribution is 2.53. The summed E-state index contributed by atoms with van der Waals surface area (Å²) in [4.78, 5) is 48.0. The van der Waals surface area contributed by atoms with Gasteiger partial charge in [0.2, 0.25) is 11.9 Å². The van der Waals surface area contributed by atoms with Gasteiger partial charge >= 0.3 is 5.97 Å². The van der Waals surface area contributed by atoms with Gasteiger partial charge in [0.05, 0.1) is 61.0 Å². The molecule has 424 valence electrons. The average molecular weight is 1130 g/mol. The van der Waals surface area contributed by atoms with Crippen LogP contribution in [0.1, 0.15) is 120 Å². The number of hydrogen-bond donors (Lipinski definition) is 6. The van der Waals surface area contributed by atoms with E-state index in [4.69, 9.17) is 58.4 Å². The molecule has 17 nitrogen and oxygen atoms in total. The molecule has 4 aromatic carbocycles. The van der Waals surface area contributed by atoms with Crippen molar-refractivity contribution in [3.8, 4) is 29.1 Å². The Morgan fingerprint density at radius 2 is 1.65 bits per heavy atom. The number of carbonyl (C=O) groups excluding carboxylic acids is 2. The third-order valence-corrected chi connectivity index (χ3v) is 14.0. The van der Waals surface area contributed by atoms with E-state index in [1.54, 1.807) is 18.2 Å². The van der Waals surface area contributed by atoms with Crippen molar-refractivity contribution in [1.82, 2.24) is 20.6 Å². The summed E-state index contributed by atoms with van der Waals surface area (Å²) >= 11 is 12.5. The number of methoxy groups -OCH3 is 1. The summed E-state index contributed by atoms with van der Waals surface area (Å²) in [6, 6.07) is 18.1. The van der Waals surface area contributed by atoms with E-state index in [2.05, 4.69) is 32.0 Å². The molecule has 1 unspecified atom stereocenters. The molecule has 1 aromatic heterocycles. The largest absolute Gasteiger partial charge is 0.495 e. The minimum Gasteiger partial charge on any atom is -0.495 e. The lowest BCUT2D eigenvalue weighted by atomic mass is 9.62. The van der Waals surface area contributed by atoms with Crippen molar-refractivity contribution < 1.29 is 52.0 Å². The van der Waals surface area contributed by atoms with Gasteiger partial charge in [-0.3, -0.25) is 14.4 Å². The van der Waals surface area contributed by atoms with Crippen molar-refractivity contribution in [2.75, 3.05) is 50.3 Å². The van der Waals surface area contributed by atoms with E-state index in [-0.39, 0.29) is 95.6 Å². The number of halogens is 4. The van der Waals surface area contributed by atoms with Crippen LogP contribution in [0.15, 0.2) is 72.8 Å². The number of aromatic nitrogens is 2. The Balaban J connectivity index is 1.07. The maximum atomic E-state index is 16.2. The molecule has 0 bridgehead atoms. The van der Waals surface area contributed by atoms with Gasteiger partial charge in [-0.2, -0.15) is 10.2 Å². The van der Waals surface area contributed by atoms with E-state index in [1.807, 2.05) is 55.4 Å². The highest BCUT2D eigenvalue weighted by molar-refractivity contribution is 6.31. The van der Waals surface area contributed by atoms with Gasteiger partial charge < -0.3 is 56.2 Å². The number of aryl methyl sites for hydroxylation is 2. The van der Waals surface area contributed by atoms with E-state index < -0.39 is 69.5 Å². The molecular formula is C58H70Cl2F2N8O9. The summed E-state index contributed by atoms with van der Waals surface area (Å²) in [5, 5.41) is 29.6. The zero-order valence-electron chi connectivity index (χ0n) is 46.0. The second kappa shape index (κ2) is 25.9. The molecule has 2 heterocycles. The van der Waals surface area contributed by atoms with Crippen molar-refractivity contribution in [2.45, 2.75) is 129 Å². The molecule has 21 heteroatoms. The van der Waals surface area contributed by atoms with E-state index in [1.165, 1.54) is 55.6 Å². The number of hydrogen-bond acceptors (Lipinski definition) is 14. The Bertz CT molecular complexity index is 3060. The molecule has 1 fully saturated rings. The molecule has 0 saturated carbocycles. The highest BCUT2D eigenvalue weighted by Gasteiger charge is 2.61. The molecule has 6 rings (SSSR count). The Morgan fingerprint density at radius 3 is 2.32 bits per heavy atom. The smallest absolute Gasteiger partial charge is 0.303 e. The summed E-state index contributed by atoms with van der Waals surface area (Å²) < 4.78 is 62.6. The molecule has 0 radical (unpaired) electrons. The molecule has 4 atom stereocenters. The van der Waals surface area contributed by atoms with Gasteiger partial charge in [0, 0.05) is 53.9 Å². The maximum Gasteiger partial charge on any atom is 0.303 e. The van der Waals surface area contributed by atoms with Gasteiger partial charge in [-0.1, -0.05) is 69.1 Å². The Kier molecular flexibility index (Phi) is 20.1. The van der Waals surface area contributed by atoms with Crippen LogP contribution >= 0.6 is 23.2 Å². The van der Waals surface area contributed by atoms with Crippen molar-refractivity contribution in [3.05, 3.63) is 122 Å². The number of aliphatic carboxylic acids is 1. The summed E-state index contributed by atoms with van der Waals surface area (Å²) in [7, 11) is 1.37. The predicted octanol–water partition coefficient (Wildman–Crippen LogP) is 10.4. The minimum atomic E-state index is -1.84. The van der Waals surface area contributed by atoms with Crippen molar-refractivity contribution >= 4 is 58.4 Å². The van der Waals surface area contributed by atoms with E-state index >= 15 is 8.78 Å². The number of rotatable bonds is 25. The summed E-state index contributed by atoms with van der Waals surface area (Å²) in [5.41, 5.74) is 9.40. The molecule has 2 amide bonds. The monoisotopic (exact) mass is 1130 g/mol. The third kappa shape index (κ3) is 15.4. The number of carboxylic acid groups (broad SMARTS) is 1. The first-order valence-electron chi connectivity index (χ1n) is 25.9. The van der Waals surface area contributed by atoms with Crippen LogP contribution in [0.4, 0.5) is 26.2 Å². The average Bonchev–Trinajstić information content (AvgIpc) is 3.99. The lowest BCUT2D eigenvalue weighted by Gasteiger charge is -2.37. The van der Waals surface area contributed by atoms with Crippen molar-refractivity contribution in [3.63, 3.8) is 0 Å². The highest BCUT2D eigenvalue weighted by atomic mass is 35.5. The van der Waals surface area contributed by atoms with Crippen LogP contribution in [0.5, 0.6) is 23.0 Å². The number of ether oxygens (including phenoxy) is 5. The SMILES string of the molecule is CCc1nc(N)nc(N)c1OCCCOc1ccc(OC(C)(C)CCOC(C)(C)CNC(=O)c2ccc(NC(=O)C3N[C@@H](CC(C)(C)C)[C@](C#N)(c4ccc(Cl)cc4F)[C@H]3c3cccc(Cl)c3F)c(OC)c2)cc1CCC(=O)O. The first-order chi connectivity index (χ1) is 37.2. The number of carbonyl (C=O) groups is 3. The molecule has 1 aliphatic rings. The number of nitrogen functional groups attached to an aromatic ring is 2. The molecule has 1 aliphatic heterocycles. The van der Waals surface area contributed by atoms with Gasteiger partial charge in [-0.15, -0.1) is 0 Å². The Hall–Kier alpha value is -6.98. The van der Waals surface area contributed by atoms with Crippen LogP contribution in [0, 0.1) is 28.4 Å². The first-order valence-corrected chi connectivity index (χ1v) is 26.7. The number of nitrogens with one attached hydrogen (secondary N) is 3. The fourth-order valence-electron chi connectivity index (χ4n) is 9.64. The van der Waals surface area contributed by atoms with Crippen LogP contribution < -0.4 is 46.4 Å². The summed E-state index contributed by atoms with van der Waals surface area (Å²) in [6.45, 7) is 16.1. The van der Waals surface area contributed by atoms with Crippen LogP contribution in [0.25, 0.3) is 0 Å². The topological polar surface area (TPSA) is 255 Å². The maximum absolute atomic E-state index is 16.2. The predicted molar refractivity (Wildman–Crippen MR) is 299 cm³/mol. The van der Waals surface area contributed by atoms with Gasteiger partial charge in [-0.05, 0) is 118 Å². The number of nitrogens with two attached hydrogens (primary N) is 2. The molecule has 0 aliphatic carbocycles. The van der Waals surface area contributed by atoms with Gasteiger partial charge in [0.1, 0.15) is 39.9 Å². The van der Waals surface area contributed by atoms with Crippen LogP contribution in [-0.4, -0.2) is 89.6 Å². The van der Waals surface area contributed by atoms with Crippen LogP contribution in [0.3, 0.4) is 0 Å². The third-order valence-electron chi connectivity index (χ3n) is 13.5. The lowest BCUT2D eigenvalue weighted by Crippen LogP contribution is -2.45. The molecule has 8 N–H and O–H groups in total. The zero-order valence-corrected chi connectivity index (χ0v) is 47.5. The molecule has 79 heavy (non-hydrogen) atoms. The number of benzene rings is 4. The van der Waals surface area contributed by atoms with Crippen LogP contribution in [-0.2, 0) is 32.6 Å². The summed E-state index contributed by atoms with van der Waals surface area (Å²) in [5.74, 6) is -3.25.